The predicted molar refractivity (Wildman–Crippen MR) is 67.8 cm³/mol. The summed E-state index contributed by atoms with van der Waals surface area (Å²) in [6.45, 7) is 0. The third-order valence-corrected chi connectivity index (χ3v) is 2.35. The van der Waals surface area contributed by atoms with Gasteiger partial charge in [-0.05, 0) is 24.3 Å². The van der Waals surface area contributed by atoms with Gasteiger partial charge in [-0.1, -0.05) is 11.6 Å². The Morgan fingerprint density at radius 2 is 2.00 bits per heavy atom. The largest absolute Gasteiger partial charge is 0.378 e. The molecule has 2 rings (SSSR count). The van der Waals surface area contributed by atoms with Gasteiger partial charge in [0.25, 0.3) is 0 Å². The van der Waals surface area contributed by atoms with Crippen molar-refractivity contribution in [2.75, 3.05) is 11.1 Å². The number of hydrogen-bond donors (Lipinski definition) is 2. The SMILES string of the molecule is Nc1nc(Nc2ccc(Cl)cc2)ncc1[N+](=O)[O-]. The predicted octanol–water partition coefficient (Wildman–Crippen LogP) is 2.36. The van der Waals surface area contributed by atoms with Crippen molar-refractivity contribution in [3.63, 3.8) is 0 Å². The van der Waals surface area contributed by atoms with Crippen LogP contribution in [0.15, 0.2) is 30.5 Å². The van der Waals surface area contributed by atoms with Crippen LogP contribution in [0.1, 0.15) is 0 Å². The number of nitrogen functional groups attached to an aromatic ring is 1. The first kappa shape index (κ1) is 12.1. The molecule has 8 heteroatoms. The molecular formula is C10H8ClN5O2. The lowest BCUT2D eigenvalue weighted by atomic mass is 10.3. The highest BCUT2D eigenvalue weighted by molar-refractivity contribution is 6.30. The summed E-state index contributed by atoms with van der Waals surface area (Å²) in [7, 11) is 0. The molecule has 0 unspecified atom stereocenters. The van der Waals surface area contributed by atoms with Crippen LogP contribution in [0.4, 0.5) is 23.1 Å². The number of benzene rings is 1. The van der Waals surface area contributed by atoms with E-state index in [-0.39, 0.29) is 17.5 Å². The first-order valence-electron chi connectivity index (χ1n) is 4.86. The van der Waals surface area contributed by atoms with Crippen LogP contribution in [-0.2, 0) is 0 Å². The van der Waals surface area contributed by atoms with E-state index in [1.54, 1.807) is 24.3 Å². The molecule has 0 saturated carbocycles. The number of nitrogens with one attached hydrogen (secondary N) is 1. The van der Waals surface area contributed by atoms with Crippen molar-refractivity contribution in [2.24, 2.45) is 0 Å². The van der Waals surface area contributed by atoms with Crippen molar-refractivity contribution in [3.8, 4) is 0 Å². The van der Waals surface area contributed by atoms with Crippen LogP contribution in [0.5, 0.6) is 0 Å². The summed E-state index contributed by atoms with van der Waals surface area (Å²) < 4.78 is 0. The van der Waals surface area contributed by atoms with Gasteiger partial charge in [0.05, 0.1) is 4.92 Å². The average molecular weight is 266 g/mol. The maximum atomic E-state index is 10.5. The lowest BCUT2D eigenvalue weighted by Gasteiger charge is -2.05. The fourth-order valence-electron chi connectivity index (χ4n) is 1.25. The molecule has 18 heavy (non-hydrogen) atoms. The van der Waals surface area contributed by atoms with E-state index < -0.39 is 4.92 Å². The zero-order chi connectivity index (χ0) is 13.1. The van der Waals surface area contributed by atoms with Gasteiger partial charge in [-0.15, -0.1) is 0 Å². The highest BCUT2D eigenvalue weighted by Gasteiger charge is 2.14. The van der Waals surface area contributed by atoms with Crippen LogP contribution in [-0.4, -0.2) is 14.9 Å². The molecule has 3 N–H and O–H groups in total. The minimum absolute atomic E-state index is 0.181. The maximum absolute atomic E-state index is 10.5. The molecule has 0 aliphatic rings. The molecule has 0 radical (unpaired) electrons. The molecule has 92 valence electrons. The second-order valence-corrected chi connectivity index (χ2v) is 3.79. The Hall–Kier alpha value is -2.41. The van der Waals surface area contributed by atoms with E-state index in [4.69, 9.17) is 17.3 Å². The van der Waals surface area contributed by atoms with Gasteiger partial charge in [-0.25, -0.2) is 4.98 Å². The van der Waals surface area contributed by atoms with Gasteiger partial charge in [0.2, 0.25) is 11.8 Å². The van der Waals surface area contributed by atoms with Crippen molar-refractivity contribution in [3.05, 3.63) is 45.6 Å². The van der Waals surface area contributed by atoms with Crippen molar-refractivity contribution in [1.29, 1.82) is 0 Å². The van der Waals surface area contributed by atoms with E-state index in [1.165, 1.54) is 0 Å². The molecular weight excluding hydrogens is 258 g/mol. The Kier molecular flexibility index (Phi) is 3.24. The zero-order valence-electron chi connectivity index (χ0n) is 9.00. The molecule has 0 aliphatic carbocycles. The number of hydrogen-bond acceptors (Lipinski definition) is 6. The Labute approximate surface area is 107 Å². The van der Waals surface area contributed by atoms with Gasteiger partial charge in [-0.3, -0.25) is 10.1 Å². The Bertz CT molecular complexity index is 587. The number of nitrogens with two attached hydrogens (primary N) is 1. The molecule has 2 aromatic rings. The highest BCUT2D eigenvalue weighted by Crippen LogP contribution is 2.21. The van der Waals surface area contributed by atoms with Crippen LogP contribution in [0.2, 0.25) is 5.02 Å². The molecule has 0 spiro atoms. The van der Waals surface area contributed by atoms with Crippen molar-refractivity contribution >= 4 is 34.7 Å². The van der Waals surface area contributed by atoms with Gasteiger partial charge in [0.1, 0.15) is 6.20 Å². The number of rotatable bonds is 3. The molecule has 0 bridgehead atoms. The van der Waals surface area contributed by atoms with Gasteiger partial charge in [-0.2, -0.15) is 4.98 Å². The van der Waals surface area contributed by atoms with Crippen LogP contribution >= 0.6 is 11.6 Å². The van der Waals surface area contributed by atoms with Gasteiger partial charge in [0, 0.05) is 10.7 Å². The van der Waals surface area contributed by atoms with E-state index in [2.05, 4.69) is 15.3 Å². The molecule has 0 aliphatic heterocycles. The highest BCUT2D eigenvalue weighted by atomic mass is 35.5. The molecule has 7 nitrogen and oxygen atoms in total. The Morgan fingerprint density at radius 3 is 2.56 bits per heavy atom. The van der Waals surface area contributed by atoms with E-state index in [1.807, 2.05) is 0 Å². The summed E-state index contributed by atoms with van der Waals surface area (Å²) >= 11 is 5.74. The standard InChI is InChI=1S/C10H8ClN5O2/c11-6-1-3-7(4-2-6)14-10-13-5-8(16(17)18)9(12)15-10/h1-5H,(H3,12,13,14,15). The number of nitro groups is 1. The van der Waals surface area contributed by atoms with E-state index >= 15 is 0 Å². The topological polar surface area (TPSA) is 107 Å². The van der Waals surface area contributed by atoms with Crippen LogP contribution in [0, 0.1) is 10.1 Å². The summed E-state index contributed by atoms with van der Waals surface area (Å²) in [5, 5.41) is 14.0. The van der Waals surface area contributed by atoms with Crippen molar-refractivity contribution in [2.45, 2.75) is 0 Å². The number of aromatic nitrogens is 2. The van der Waals surface area contributed by atoms with E-state index in [9.17, 15) is 10.1 Å². The monoisotopic (exact) mass is 265 g/mol. The summed E-state index contributed by atoms with van der Waals surface area (Å²) in [5.41, 5.74) is 5.83. The van der Waals surface area contributed by atoms with Gasteiger partial charge < -0.3 is 11.1 Å². The first-order chi connectivity index (χ1) is 8.56. The summed E-state index contributed by atoms with van der Waals surface area (Å²) in [5.74, 6) is -0.00751. The fourth-order valence-corrected chi connectivity index (χ4v) is 1.38. The average Bonchev–Trinajstić information content (AvgIpc) is 2.32. The smallest absolute Gasteiger partial charge is 0.329 e. The minimum atomic E-state index is -0.637. The van der Waals surface area contributed by atoms with E-state index in [0.29, 0.717) is 10.7 Å². The maximum Gasteiger partial charge on any atom is 0.329 e. The van der Waals surface area contributed by atoms with Crippen LogP contribution in [0.3, 0.4) is 0 Å². The summed E-state index contributed by atoms with van der Waals surface area (Å²) in [4.78, 5) is 17.5. The third-order valence-electron chi connectivity index (χ3n) is 2.09. The first-order valence-corrected chi connectivity index (χ1v) is 5.23. The molecule has 0 saturated heterocycles. The lowest BCUT2D eigenvalue weighted by Crippen LogP contribution is -2.03. The summed E-state index contributed by atoms with van der Waals surface area (Å²) in [6.07, 6.45) is 1.06. The van der Waals surface area contributed by atoms with Crippen LogP contribution < -0.4 is 11.1 Å². The third kappa shape index (κ3) is 2.64. The Morgan fingerprint density at radius 1 is 1.33 bits per heavy atom. The second kappa shape index (κ2) is 4.84. The number of nitrogens with zero attached hydrogens (tertiary/aromatic N) is 3. The van der Waals surface area contributed by atoms with Gasteiger partial charge in [0.15, 0.2) is 0 Å². The summed E-state index contributed by atoms with van der Waals surface area (Å²) in [6, 6.07) is 6.84. The molecule has 1 aromatic heterocycles. The number of halogens is 1. The molecule has 1 heterocycles. The number of anilines is 3. The van der Waals surface area contributed by atoms with Crippen molar-refractivity contribution in [1.82, 2.24) is 9.97 Å². The van der Waals surface area contributed by atoms with E-state index in [0.717, 1.165) is 6.20 Å². The van der Waals surface area contributed by atoms with Crippen LogP contribution in [0.25, 0.3) is 0 Å². The molecule has 1 aromatic carbocycles. The van der Waals surface area contributed by atoms with Crippen molar-refractivity contribution < 1.29 is 4.92 Å². The Balaban J connectivity index is 2.22. The molecule has 0 atom stereocenters. The van der Waals surface area contributed by atoms with Gasteiger partial charge >= 0.3 is 5.69 Å². The quantitative estimate of drug-likeness (QED) is 0.652. The zero-order valence-corrected chi connectivity index (χ0v) is 9.76. The lowest BCUT2D eigenvalue weighted by molar-refractivity contribution is -0.384. The second-order valence-electron chi connectivity index (χ2n) is 3.35. The molecule has 0 fully saturated rings. The fraction of sp³-hybridized carbons (Fsp3) is 0. The minimum Gasteiger partial charge on any atom is -0.378 e. The normalized spacial score (nSPS) is 10.1. The molecule has 0 amide bonds.